The normalized spacial score (nSPS) is 13.6. The fourth-order valence-corrected chi connectivity index (χ4v) is 8.76. The molecule has 0 atom stereocenters. The number of rotatable bonds is 6. The van der Waals surface area contributed by atoms with E-state index in [1.807, 2.05) is 127 Å². The first-order valence-corrected chi connectivity index (χ1v) is 18.9. The number of para-hydroxylation sites is 2. The Labute approximate surface area is 338 Å². The third-order valence-electron chi connectivity index (χ3n) is 10.1. The van der Waals surface area contributed by atoms with E-state index < -0.39 is 48.3 Å². The second kappa shape index (κ2) is 13.3. The van der Waals surface area contributed by atoms with Gasteiger partial charge in [-0.15, -0.1) is 11.3 Å². The smallest absolute Gasteiger partial charge is 0.166 e. The van der Waals surface area contributed by atoms with Gasteiger partial charge >= 0.3 is 0 Å². The molecule has 0 aliphatic heterocycles. The Morgan fingerprint density at radius 2 is 1.00 bits per heavy atom. The molecule has 5 heteroatoms. The maximum absolute atomic E-state index is 9.38. The molecule has 8 aromatic carbocycles. The summed E-state index contributed by atoms with van der Waals surface area (Å²) in [4.78, 5) is 15.3. The maximum Gasteiger partial charge on any atom is 0.166 e. The highest BCUT2D eigenvalue weighted by Crippen LogP contribution is 2.43. The Bertz CT molecular complexity index is 3640. The summed E-state index contributed by atoms with van der Waals surface area (Å²) in [6, 6.07) is 44.0. The van der Waals surface area contributed by atoms with Gasteiger partial charge in [0.2, 0.25) is 0 Å². The zero-order chi connectivity index (χ0) is 44.0. The standard InChI is InChI=1S/C51H32N4S/c1-3-15-33(16-4-1)35-19-13-20-37(31-35)50-52-49(34-17-5-2-6-18-34)53-51(54-50)43-30-29-36(38-24-14-25-42-41-23-9-12-28-47(41)56-48(38)42)32-46(43)55-44-26-10-7-21-39(44)40-22-8-11-27-45(40)55/h1-32H/i7D,8D,10D,11D,21D,22D,26D,27D. The van der Waals surface area contributed by atoms with Crippen LogP contribution in [0.25, 0.3) is 104 Å². The summed E-state index contributed by atoms with van der Waals surface area (Å²) < 4.78 is 75.8. The van der Waals surface area contributed by atoms with E-state index in [1.165, 1.54) is 0 Å². The lowest BCUT2D eigenvalue weighted by Crippen LogP contribution is -2.04. The van der Waals surface area contributed by atoms with Crippen LogP contribution in [0.5, 0.6) is 0 Å². The summed E-state index contributed by atoms with van der Waals surface area (Å²) in [5.41, 5.74) is 5.92. The Morgan fingerprint density at radius 3 is 1.77 bits per heavy atom. The first-order valence-electron chi connectivity index (χ1n) is 22.1. The molecular weight excluding hydrogens is 701 g/mol. The fourth-order valence-electron chi connectivity index (χ4n) is 7.52. The van der Waals surface area contributed by atoms with Crippen molar-refractivity contribution in [1.29, 1.82) is 0 Å². The molecular formula is C51H32N4S. The number of hydrogen-bond acceptors (Lipinski definition) is 4. The van der Waals surface area contributed by atoms with Gasteiger partial charge in [0.15, 0.2) is 17.5 Å². The molecule has 56 heavy (non-hydrogen) atoms. The van der Waals surface area contributed by atoms with Gasteiger partial charge in [0, 0.05) is 47.6 Å². The van der Waals surface area contributed by atoms with Crippen molar-refractivity contribution in [3.8, 4) is 62.1 Å². The van der Waals surface area contributed by atoms with Crippen LogP contribution >= 0.6 is 11.3 Å². The van der Waals surface area contributed by atoms with Crippen molar-refractivity contribution in [1.82, 2.24) is 19.5 Å². The van der Waals surface area contributed by atoms with Gasteiger partial charge in [-0.25, -0.2) is 15.0 Å². The summed E-state index contributed by atoms with van der Waals surface area (Å²) in [6.45, 7) is 0. The van der Waals surface area contributed by atoms with Gasteiger partial charge in [0.25, 0.3) is 0 Å². The van der Waals surface area contributed by atoms with Gasteiger partial charge in [-0.05, 0) is 58.6 Å². The first kappa shape index (κ1) is 25.0. The molecule has 3 aromatic heterocycles. The molecule has 262 valence electrons. The lowest BCUT2D eigenvalue weighted by molar-refractivity contribution is 1.06. The highest BCUT2D eigenvalue weighted by atomic mass is 32.1. The molecule has 3 heterocycles. The molecule has 11 aromatic rings. The van der Waals surface area contributed by atoms with Gasteiger partial charge in [0.05, 0.1) is 27.7 Å². The molecule has 0 fully saturated rings. The summed E-state index contributed by atoms with van der Waals surface area (Å²) in [7, 11) is 0. The number of hydrogen-bond donors (Lipinski definition) is 0. The van der Waals surface area contributed by atoms with Crippen LogP contribution in [0.15, 0.2) is 194 Å². The first-order chi connectivity index (χ1) is 31.1. The van der Waals surface area contributed by atoms with Crippen LogP contribution in [0.4, 0.5) is 0 Å². The molecule has 0 radical (unpaired) electrons. The van der Waals surface area contributed by atoms with Crippen LogP contribution in [0.2, 0.25) is 0 Å². The van der Waals surface area contributed by atoms with Crippen molar-refractivity contribution in [2.45, 2.75) is 0 Å². The minimum atomic E-state index is -0.512. The molecule has 0 saturated carbocycles. The third-order valence-corrected chi connectivity index (χ3v) is 11.3. The molecule has 0 aliphatic rings. The average molecular weight is 741 g/mol. The zero-order valence-corrected chi connectivity index (χ0v) is 30.4. The number of thiophene rings is 1. The molecule has 11 rings (SSSR count). The highest BCUT2D eigenvalue weighted by molar-refractivity contribution is 7.26. The van der Waals surface area contributed by atoms with Crippen LogP contribution in [-0.4, -0.2) is 19.5 Å². The van der Waals surface area contributed by atoms with E-state index in [-0.39, 0.29) is 27.6 Å². The minimum Gasteiger partial charge on any atom is -0.308 e. The summed E-state index contributed by atoms with van der Waals surface area (Å²) in [5, 5.41) is 2.17. The maximum atomic E-state index is 9.38. The summed E-state index contributed by atoms with van der Waals surface area (Å²) >= 11 is 1.67. The molecule has 0 unspecified atom stereocenters. The number of aromatic nitrogens is 4. The van der Waals surface area contributed by atoms with E-state index in [1.54, 1.807) is 15.9 Å². The van der Waals surface area contributed by atoms with Crippen molar-refractivity contribution < 1.29 is 11.0 Å². The largest absolute Gasteiger partial charge is 0.308 e. The zero-order valence-electron chi connectivity index (χ0n) is 37.6. The molecule has 0 amide bonds. The predicted octanol–water partition coefficient (Wildman–Crippen LogP) is 13.7. The van der Waals surface area contributed by atoms with Crippen molar-refractivity contribution in [3.63, 3.8) is 0 Å². The summed E-state index contributed by atoms with van der Waals surface area (Å²) in [5.74, 6) is 1.02. The number of benzene rings is 8. The van der Waals surface area contributed by atoms with Crippen LogP contribution in [0.3, 0.4) is 0 Å². The van der Waals surface area contributed by atoms with E-state index in [2.05, 4.69) is 18.2 Å². The predicted molar refractivity (Wildman–Crippen MR) is 234 cm³/mol. The molecule has 0 saturated heterocycles. The SMILES string of the molecule is [2H]c1c([2H])c([2H])c2c(c1[2H])c1c([2H])c([2H])c([2H])c([2H])c1n2-c1cc(-c2cccc3c2sc2ccccc23)ccc1-c1nc(-c2ccccc2)nc(-c2cccc(-c3ccccc3)c2)n1. The van der Waals surface area contributed by atoms with Gasteiger partial charge < -0.3 is 4.57 Å². The lowest BCUT2D eigenvalue weighted by atomic mass is 9.99. The Kier molecular flexibility index (Phi) is 5.92. The average Bonchev–Trinajstić information content (AvgIpc) is 3.91. The fraction of sp³-hybridized carbons (Fsp3) is 0. The monoisotopic (exact) mass is 740 g/mol. The van der Waals surface area contributed by atoms with Gasteiger partial charge in [-0.2, -0.15) is 0 Å². The van der Waals surface area contributed by atoms with E-state index in [0.29, 0.717) is 22.9 Å². The van der Waals surface area contributed by atoms with Crippen molar-refractivity contribution in [2.24, 2.45) is 0 Å². The van der Waals surface area contributed by atoms with Gasteiger partial charge in [0.1, 0.15) is 0 Å². The van der Waals surface area contributed by atoms with Crippen LogP contribution < -0.4 is 0 Å². The van der Waals surface area contributed by atoms with Crippen LogP contribution in [-0.2, 0) is 0 Å². The van der Waals surface area contributed by atoms with Crippen LogP contribution in [0, 0.1) is 0 Å². The number of nitrogens with zero attached hydrogens (tertiary/aromatic N) is 4. The quantitative estimate of drug-likeness (QED) is 0.170. The van der Waals surface area contributed by atoms with E-state index in [0.717, 1.165) is 53.6 Å². The topological polar surface area (TPSA) is 43.6 Å². The molecule has 4 nitrogen and oxygen atoms in total. The highest BCUT2D eigenvalue weighted by Gasteiger charge is 2.21. The second-order valence-corrected chi connectivity index (χ2v) is 14.5. The number of fused-ring (bicyclic) bond motifs is 6. The molecule has 0 spiro atoms. The Morgan fingerprint density at radius 1 is 0.411 bits per heavy atom. The van der Waals surface area contributed by atoms with Crippen molar-refractivity contribution >= 4 is 53.3 Å². The van der Waals surface area contributed by atoms with Gasteiger partial charge in [-0.1, -0.05) is 158 Å². The Hall–Kier alpha value is -7.21. The van der Waals surface area contributed by atoms with E-state index in [9.17, 15) is 2.74 Å². The molecule has 0 aliphatic carbocycles. The van der Waals surface area contributed by atoms with Crippen molar-refractivity contribution in [3.05, 3.63) is 194 Å². The Balaban J connectivity index is 1.27. The van der Waals surface area contributed by atoms with Crippen LogP contribution in [0.1, 0.15) is 11.0 Å². The van der Waals surface area contributed by atoms with E-state index in [4.69, 9.17) is 23.2 Å². The van der Waals surface area contributed by atoms with Gasteiger partial charge in [-0.3, -0.25) is 0 Å². The second-order valence-electron chi connectivity index (χ2n) is 13.4. The summed E-state index contributed by atoms with van der Waals surface area (Å²) in [6.07, 6.45) is 0. The molecule has 0 bridgehead atoms. The molecule has 0 N–H and O–H groups in total. The van der Waals surface area contributed by atoms with E-state index >= 15 is 0 Å². The lowest BCUT2D eigenvalue weighted by Gasteiger charge is -2.17. The van der Waals surface area contributed by atoms with Crippen molar-refractivity contribution in [2.75, 3.05) is 0 Å². The minimum absolute atomic E-state index is 0.000375. The third kappa shape index (κ3) is 5.40.